The minimum Gasteiger partial charge on any atom is -0.206 e. The Morgan fingerprint density at radius 1 is 1.08 bits per heavy atom. The number of benzene rings is 1. The van der Waals surface area contributed by atoms with Crippen molar-refractivity contribution in [3.63, 3.8) is 0 Å². The molecule has 5 heteroatoms. The predicted octanol–water partition coefficient (Wildman–Crippen LogP) is 2.79. The second-order valence-electron chi connectivity index (χ2n) is 2.40. The monoisotopic (exact) mass is 301 g/mol. The number of para-hydroxylation sites is 1. The van der Waals surface area contributed by atoms with Crippen LogP contribution in [0.15, 0.2) is 39.8 Å². The molecule has 3 nitrogen and oxygen atoms in total. The Bertz CT molecular complexity index is 411. The Labute approximate surface area is 92.1 Å². The van der Waals surface area contributed by atoms with E-state index in [9.17, 15) is 0 Å². The summed E-state index contributed by atoms with van der Waals surface area (Å²) < 4.78 is 2.97. The van der Waals surface area contributed by atoms with Crippen LogP contribution >= 0.6 is 31.9 Å². The minimum atomic E-state index is 0.572. The van der Waals surface area contributed by atoms with Crippen LogP contribution in [0.5, 0.6) is 0 Å². The maximum absolute atomic E-state index is 4.16. The van der Waals surface area contributed by atoms with Crippen molar-refractivity contribution in [3.05, 3.63) is 39.8 Å². The van der Waals surface area contributed by atoms with E-state index in [0.29, 0.717) is 9.47 Å². The van der Waals surface area contributed by atoms with E-state index >= 15 is 0 Å². The molecule has 0 aliphatic rings. The third kappa shape index (κ3) is 1.81. The maximum atomic E-state index is 4.16. The minimum absolute atomic E-state index is 0.572. The molecule has 0 saturated heterocycles. The highest BCUT2D eigenvalue weighted by Gasteiger charge is 2.05. The standard InChI is InChI=1S/C8H5Br2N3/c9-7-11-8(10)13(12-7)6-4-2-1-3-5-6/h1-5H. The molecule has 1 heterocycles. The second-order valence-corrected chi connectivity index (χ2v) is 3.82. The lowest BCUT2D eigenvalue weighted by Gasteiger charge is -1.99. The van der Waals surface area contributed by atoms with Gasteiger partial charge in [-0.2, -0.15) is 4.98 Å². The summed E-state index contributed by atoms with van der Waals surface area (Å²) in [5.41, 5.74) is 0.979. The molecule has 0 bridgehead atoms. The zero-order valence-corrected chi connectivity index (χ0v) is 9.66. The molecule has 1 aromatic carbocycles. The van der Waals surface area contributed by atoms with Crippen LogP contribution in [0.4, 0.5) is 0 Å². The van der Waals surface area contributed by atoms with E-state index in [2.05, 4.69) is 41.9 Å². The first-order valence-electron chi connectivity index (χ1n) is 3.61. The third-order valence-corrected chi connectivity index (χ3v) is 2.39. The van der Waals surface area contributed by atoms with Crippen molar-refractivity contribution < 1.29 is 0 Å². The van der Waals surface area contributed by atoms with Gasteiger partial charge in [0.2, 0.25) is 9.47 Å². The third-order valence-electron chi connectivity index (χ3n) is 1.54. The van der Waals surface area contributed by atoms with Crippen LogP contribution in [0.2, 0.25) is 0 Å². The lowest BCUT2D eigenvalue weighted by molar-refractivity contribution is 0.850. The highest BCUT2D eigenvalue weighted by molar-refractivity contribution is 9.11. The summed E-state index contributed by atoms with van der Waals surface area (Å²) in [6, 6.07) is 9.80. The van der Waals surface area contributed by atoms with Crippen LogP contribution in [0.1, 0.15) is 0 Å². The summed E-state index contributed by atoms with van der Waals surface area (Å²) in [5.74, 6) is 0. The molecule has 2 rings (SSSR count). The fourth-order valence-electron chi connectivity index (χ4n) is 1.00. The van der Waals surface area contributed by atoms with E-state index in [0.717, 1.165) is 5.69 Å². The van der Waals surface area contributed by atoms with Crippen LogP contribution in [-0.4, -0.2) is 14.8 Å². The van der Waals surface area contributed by atoms with E-state index < -0.39 is 0 Å². The molecule has 0 atom stereocenters. The smallest absolute Gasteiger partial charge is 0.206 e. The summed E-state index contributed by atoms with van der Waals surface area (Å²) in [4.78, 5) is 4.07. The Kier molecular flexibility index (Phi) is 2.46. The van der Waals surface area contributed by atoms with Crippen molar-refractivity contribution in [1.82, 2.24) is 14.8 Å². The Balaban J connectivity index is 2.53. The largest absolute Gasteiger partial charge is 0.218 e. The summed E-state index contributed by atoms with van der Waals surface area (Å²) >= 11 is 6.52. The molecule has 0 fully saturated rings. The van der Waals surface area contributed by atoms with Gasteiger partial charge in [0.25, 0.3) is 0 Å². The van der Waals surface area contributed by atoms with Gasteiger partial charge in [0.15, 0.2) is 0 Å². The average Bonchev–Trinajstić information content (AvgIpc) is 2.47. The number of halogens is 2. The van der Waals surface area contributed by atoms with Gasteiger partial charge in [-0.25, -0.2) is 4.68 Å². The van der Waals surface area contributed by atoms with E-state index in [-0.39, 0.29) is 0 Å². The zero-order valence-electron chi connectivity index (χ0n) is 6.48. The molecule has 0 saturated carbocycles. The maximum Gasteiger partial charge on any atom is 0.218 e. The predicted molar refractivity (Wildman–Crippen MR) is 56.8 cm³/mol. The number of hydrogen-bond acceptors (Lipinski definition) is 2. The summed E-state index contributed by atoms with van der Waals surface area (Å²) in [7, 11) is 0. The fourth-order valence-corrected chi connectivity index (χ4v) is 2.02. The number of aromatic nitrogens is 3. The Morgan fingerprint density at radius 3 is 2.31 bits per heavy atom. The van der Waals surface area contributed by atoms with Crippen molar-refractivity contribution in [2.45, 2.75) is 0 Å². The molecular weight excluding hydrogens is 298 g/mol. The van der Waals surface area contributed by atoms with Gasteiger partial charge in [0, 0.05) is 0 Å². The van der Waals surface area contributed by atoms with E-state index in [1.807, 2.05) is 30.3 Å². The van der Waals surface area contributed by atoms with Gasteiger partial charge in [-0.3, -0.25) is 0 Å². The van der Waals surface area contributed by atoms with Crippen molar-refractivity contribution in [3.8, 4) is 5.69 Å². The SMILES string of the molecule is Brc1nc(Br)n(-c2ccccc2)n1. The number of nitrogens with zero attached hydrogens (tertiary/aromatic N) is 3. The van der Waals surface area contributed by atoms with Crippen molar-refractivity contribution in [1.29, 1.82) is 0 Å². The molecule has 0 N–H and O–H groups in total. The molecule has 0 unspecified atom stereocenters. The van der Waals surface area contributed by atoms with Crippen molar-refractivity contribution in [2.75, 3.05) is 0 Å². The number of rotatable bonds is 1. The highest BCUT2D eigenvalue weighted by atomic mass is 79.9. The lowest BCUT2D eigenvalue weighted by Crippen LogP contribution is -1.95. The van der Waals surface area contributed by atoms with Crippen LogP contribution in [0.25, 0.3) is 5.69 Å². The van der Waals surface area contributed by atoms with Gasteiger partial charge < -0.3 is 0 Å². The molecule has 0 radical (unpaired) electrons. The molecule has 13 heavy (non-hydrogen) atoms. The summed E-state index contributed by atoms with van der Waals surface area (Å²) in [5, 5.41) is 4.16. The molecule has 2 aromatic rings. The van der Waals surface area contributed by atoms with Gasteiger partial charge in [-0.05, 0) is 44.0 Å². The summed E-state index contributed by atoms with van der Waals surface area (Å²) in [6.45, 7) is 0. The molecule has 0 aliphatic heterocycles. The first kappa shape index (κ1) is 8.90. The van der Waals surface area contributed by atoms with Crippen molar-refractivity contribution in [2.24, 2.45) is 0 Å². The van der Waals surface area contributed by atoms with E-state index in [1.165, 1.54) is 0 Å². The lowest BCUT2D eigenvalue weighted by atomic mass is 10.3. The zero-order chi connectivity index (χ0) is 9.26. The van der Waals surface area contributed by atoms with Gasteiger partial charge in [0.1, 0.15) is 0 Å². The molecule has 0 spiro atoms. The van der Waals surface area contributed by atoms with Gasteiger partial charge in [0.05, 0.1) is 5.69 Å². The highest BCUT2D eigenvalue weighted by Crippen LogP contribution is 2.16. The van der Waals surface area contributed by atoms with Gasteiger partial charge in [-0.15, -0.1) is 5.10 Å². The quantitative estimate of drug-likeness (QED) is 0.811. The first-order chi connectivity index (χ1) is 6.27. The molecular formula is C8H5Br2N3. The van der Waals surface area contributed by atoms with Crippen molar-refractivity contribution >= 4 is 31.9 Å². The fraction of sp³-hybridized carbons (Fsp3) is 0. The molecule has 0 amide bonds. The average molecular weight is 303 g/mol. The first-order valence-corrected chi connectivity index (χ1v) is 5.19. The second kappa shape index (κ2) is 3.59. The number of hydrogen-bond donors (Lipinski definition) is 0. The normalized spacial score (nSPS) is 10.3. The van der Waals surface area contributed by atoms with Gasteiger partial charge >= 0.3 is 0 Å². The Morgan fingerprint density at radius 2 is 1.77 bits per heavy atom. The van der Waals surface area contributed by atoms with E-state index in [1.54, 1.807) is 4.68 Å². The van der Waals surface area contributed by atoms with E-state index in [4.69, 9.17) is 0 Å². The topological polar surface area (TPSA) is 30.7 Å². The molecule has 66 valence electrons. The summed E-state index contributed by atoms with van der Waals surface area (Å²) in [6.07, 6.45) is 0. The van der Waals surface area contributed by atoms with Crippen LogP contribution < -0.4 is 0 Å². The van der Waals surface area contributed by atoms with Crippen LogP contribution in [-0.2, 0) is 0 Å². The van der Waals surface area contributed by atoms with Crippen LogP contribution in [0.3, 0.4) is 0 Å². The van der Waals surface area contributed by atoms with Gasteiger partial charge in [-0.1, -0.05) is 18.2 Å². The van der Waals surface area contributed by atoms with Crippen LogP contribution in [0, 0.1) is 0 Å². The molecule has 0 aliphatic carbocycles. The Hall–Kier alpha value is -0.680. The molecule has 1 aromatic heterocycles.